The molecule has 0 aliphatic rings. The third kappa shape index (κ3) is 4.91. The van der Waals surface area contributed by atoms with Gasteiger partial charge in [-0.3, -0.25) is 0 Å². The van der Waals surface area contributed by atoms with E-state index in [2.05, 4.69) is 5.32 Å². The average Bonchev–Trinajstić information content (AvgIpc) is 2.54. The highest BCUT2D eigenvalue weighted by molar-refractivity contribution is 6.35. The van der Waals surface area contributed by atoms with E-state index < -0.39 is 5.97 Å². The number of carbonyl (C=O) groups excluding carboxylic acids is 1. The SMILES string of the molecule is CCOC(=O)/C(=C\Nc1cc(Cl)cc(Cl)c1)c1cccc(OC)c1. The summed E-state index contributed by atoms with van der Waals surface area (Å²) in [4.78, 5) is 12.3. The Kier molecular flexibility index (Phi) is 6.53. The Balaban J connectivity index is 2.36. The van der Waals surface area contributed by atoms with Crippen molar-refractivity contribution in [2.24, 2.45) is 0 Å². The molecule has 6 heteroatoms. The lowest BCUT2D eigenvalue weighted by Gasteiger charge is -2.10. The molecule has 4 nitrogen and oxygen atoms in total. The van der Waals surface area contributed by atoms with Crippen molar-refractivity contribution < 1.29 is 14.3 Å². The number of halogens is 2. The zero-order valence-corrected chi connectivity index (χ0v) is 14.8. The maximum atomic E-state index is 12.3. The van der Waals surface area contributed by atoms with Crippen LogP contribution < -0.4 is 10.1 Å². The maximum absolute atomic E-state index is 12.3. The molecule has 2 rings (SSSR count). The third-order valence-electron chi connectivity index (χ3n) is 3.12. The number of rotatable bonds is 6. The number of benzene rings is 2. The summed E-state index contributed by atoms with van der Waals surface area (Å²) in [5, 5.41) is 4.02. The fourth-order valence-corrected chi connectivity index (χ4v) is 2.58. The minimum absolute atomic E-state index is 0.281. The Bertz CT molecular complexity index is 739. The van der Waals surface area contributed by atoms with Crippen molar-refractivity contribution in [1.29, 1.82) is 0 Å². The van der Waals surface area contributed by atoms with E-state index in [1.54, 1.807) is 62.7 Å². The maximum Gasteiger partial charge on any atom is 0.340 e. The van der Waals surface area contributed by atoms with Gasteiger partial charge in [0.05, 0.1) is 19.3 Å². The van der Waals surface area contributed by atoms with Crippen molar-refractivity contribution in [2.75, 3.05) is 19.0 Å². The molecule has 126 valence electrons. The zero-order valence-electron chi connectivity index (χ0n) is 13.3. The van der Waals surface area contributed by atoms with Gasteiger partial charge >= 0.3 is 5.97 Å². The molecule has 24 heavy (non-hydrogen) atoms. The fourth-order valence-electron chi connectivity index (χ4n) is 2.05. The molecule has 2 aromatic rings. The van der Waals surface area contributed by atoms with Gasteiger partial charge in [0.25, 0.3) is 0 Å². The summed E-state index contributed by atoms with van der Waals surface area (Å²) < 4.78 is 10.3. The van der Waals surface area contributed by atoms with Gasteiger partial charge in [-0.05, 0) is 42.8 Å². The molecule has 2 aromatic carbocycles. The monoisotopic (exact) mass is 365 g/mol. The summed E-state index contributed by atoms with van der Waals surface area (Å²) in [5.41, 5.74) is 1.71. The van der Waals surface area contributed by atoms with E-state index in [0.717, 1.165) is 0 Å². The summed E-state index contributed by atoms with van der Waals surface area (Å²) in [5.74, 6) is 0.208. The zero-order chi connectivity index (χ0) is 17.5. The average molecular weight is 366 g/mol. The second kappa shape index (κ2) is 8.62. The highest BCUT2D eigenvalue weighted by Gasteiger charge is 2.14. The molecule has 0 saturated carbocycles. The summed E-state index contributed by atoms with van der Waals surface area (Å²) >= 11 is 12.0. The van der Waals surface area contributed by atoms with E-state index in [4.69, 9.17) is 32.7 Å². The normalized spacial score (nSPS) is 11.1. The Hall–Kier alpha value is -2.17. The minimum atomic E-state index is -0.439. The molecule has 0 aliphatic heterocycles. The first kappa shape index (κ1) is 18.2. The molecule has 0 aromatic heterocycles. The fraction of sp³-hybridized carbons (Fsp3) is 0.167. The van der Waals surface area contributed by atoms with Crippen LogP contribution in [0.3, 0.4) is 0 Å². The molecule has 0 atom stereocenters. The predicted octanol–water partition coefficient (Wildman–Crippen LogP) is 5.02. The van der Waals surface area contributed by atoms with Crippen LogP contribution in [0.15, 0.2) is 48.7 Å². The van der Waals surface area contributed by atoms with Crippen LogP contribution in [0.25, 0.3) is 5.57 Å². The van der Waals surface area contributed by atoms with Crippen molar-refractivity contribution >= 4 is 40.4 Å². The number of carbonyl (C=O) groups is 1. The molecule has 0 fully saturated rings. The van der Waals surface area contributed by atoms with E-state index in [0.29, 0.717) is 32.6 Å². The number of methoxy groups -OCH3 is 1. The van der Waals surface area contributed by atoms with Gasteiger partial charge in [0.15, 0.2) is 0 Å². The number of nitrogens with one attached hydrogen (secondary N) is 1. The van der Waals surface area contributed by atoms with Gasteiger partial charge in [-0.25, -0.2) is 4.79 Å². The van der Waals surface area contributed by atoms with Crippen LogP contribution >= 0.6 is 23.2 Å². The Morgan fingerprint density at radius 3 is 2.50 bits per heavy atom. The number of esters is 1. The van der Waals surface area contributed by atoms with Crippen molar-refractivity contribution in [3.63, 3.8) is 0 Å². The van der Waals surface area contributed by atoms with Gasteiger partial charge in [0.2, 0.25) is 0 Å². The van der Waals surface area contributed by atoms with Crippen molar-refractivity contribution in [3.8, 4) is 5.75 Å². The van der Waals surface area contributed by atoms with Gasteiger partial charge in [0, 0.05) is 21.9 Å². The Morgan fingerprint density at radius 2 is 1.88 bits per heavy atom. The standard InChI is InChI=1S/C18H17Cl2NO3/c1-3-24-18(22)17(12-5-4-6-16(7-12)23-2)11-21-15-9-13(19)8-14(20)10-15/h4-11,21H,3H2,1-2H3/b17-11-. The number of anilines is 1. The number of hydrogen-bond donors (Lipinski definition) is 1. The van der Waals surface area contributed by atoms with E-state index in [1.165, 1.54) is 0 Å². The molecule has 0 spiro atoms. The highest BCUT2D eigenvalue weighted by Crippen LogP contribution is 2.25. The molecular weight excluding hydrogens is 349 g/mol. The van der Waals surface area contributed by atoms with Gasteiger partial charge < -0.3 is 14.8 Å². The second-order valence-corrected chi connectivity index (χ2v) is 5.69. The quantitative estimate of drug-likeness (QED) is 0.576. The second-order valence-electron chi connectivity index (χ2n) is 4.81. The smallest absolute Gasteiger partial charge is 0.340 e. The van der Waals surface area contributed by atoms with Gasteiger partial charge in [-0.2, -0.15) is 0 Å². The molecule has 0 heterocycles. The summed E-state index contributed by atoms with van der Waals surface area (Å²) in [6.45, 7) is 2.04. The van der Waals surface area contributed by atoms with Crippen molar-refractivity contribution in [3.05, 3.63) is 64.3 Å². The first-order chi connectivity index (χ1) is 11.5. The molecule has 0 bridgehead atoms. The number of hydrogen-bond acceptors (Lipinski definition) is 4. The Morgan fingerprint density at radius 1 is 1.17 bits per heavy atom. The van der Waals surface area contributed by atoms with Crippen LogP contribution in [0.1, 0.15) is 12.5 Å². The van der Waals surface area contributed by atoms with Crippen LogP contribution in [0.4, 0.5) is 5.69 Å². The number of ether oxygens (including phenoxy) is 2. The van der Waals surface area contributed by atoms with E-state index in [1.807, 2.05) is 0 Å². The highest BCUT2D eigenvalue weighted by atomic mass is 35.5. The molecule has 0 radical (unpaired) electrons. The third-order valence-corrected chi connectivity index (χ3v) is 3.56. The summed E-state index contributed by atoms with van der Waals surface area (Å²) in [6, 6.07) is 12.2. The predicted molar refractivity (Wildman–Crippen MR) is 97.7 cm³/mol. The minimum Gasteiger partial charge on any atom is -0.497 e. The largest absolute Gasteiger partial charge is 0.497 e. The van der Waals surface area contributed by atoms with Crippen LogP contribution in [0, 0.1) is 0 Å². The molecular formula is C18H17Cl2NO3. The van der Waals surface area contributed by atoms with Crippen LogP contribution in [-0.2, 0) is 9.53 Å². The van der Waals surface area contributed by atoms with Crippen LogP contribution in [0.5, 0.6) is 5.75 Å². The van der Waals surface area contributed by atoms with Crippen molar-refractivity contribution in [1.82, 2.24) is 0 Å². The van der Waals surface area contributed by atoms with Gasteiger partial charge in [0.1, 0.15) is 5.75 Å². The summed E-state index contributed by atoms with van der Waals surface area (Å²) in [6.07, 6.45) is 1.56. The Labute approximate surface area is 151 Å². The van der Waals surface area contributed by atoms with Gasteiger partial charge in [-0.1, -0.05) is 35.3 Å². The molecule has 1 N–H and O–H groups in total. The lowest BCUT2D eigenvalue weighted by Crippen LogP contribution is -2.08. The van der Waals surface area contributed by atoms with E-state index in [9.17, 15) is 4.79 Å². The first-order valence-corrected chi connectivity index (χ1v) is 8.03. The topological polar surface area (TPSA) is 47.6 Å². The summed E-state index contributed by atoms with van der Waals surface area (Å²) in [7, 11) is 1.57. The van der Waals surface area contributed by atoms with Crippen LogP contribution in [-0.4, -0.2) is 19.7 Å². The lowest BCUT2D eigenvalue weighted by molar-refractivity contribution is -0.136. The molecule has 0 amide bonds. The van der Waals surface area contributed by atoms with Gasteiger partial charge in [-0.15, -0.1) is 0 Å². The van der Waals surface area contributed by atoms with E-state index >= 15 is 0 Å². The lowest BCUT2D eigenvalue weighted by atomic mass is 10.1. The van der Waals surface area contributed by atoms with E-state index in [-0.39, 0.29) is 6.61 Å². The van der Waals surface area contributed by atoms with Crippen LogP contribution in [0.2, 0.25) is 10.0 Å². The molecule has 0 aliphatic carbocycles. The van der Waals surface area contributed by atoms with Crippen molar-refractivity contribution in [2.45, 2.75) is 6.92 Å². The molecule has 0 unspecified atom stereocenters. The first-order valence-electron chi connectivity index (χ1n) is 7.28. The molecule has 0 saturated heterocycles.